The van der Waals surface area contributed by atoms with Gasteiger partial charge in [0.15, 0.2) is 0 Å². The average molecular weight is 436 g/mol. The first kappa shape index (κ1) is 21.4. The Balaban J connectivity index is 1.32. The van der Waals surface area contributed by atoms with Crippen LogP contribution in [0.25, 0.3) is 10.4 Å². The van der Waals surface area contributed by atoms with Crippen molar-refractivity contribution in [2.75, 3.05) is 6.61 Å². The molecule has 4 nitrogen and oxygen atoms in total. The van der Waals surface area contributed by atoms with Gasteiger partial charge in [0, 0.05) is 28.8 Å². The molecule has 0 spiro atoms. The lowest BCUT2D eigenvalue weighted by atomic mass is 10.1. The minimum Gasteiger partial charge on any atom is -0.493 e. The Labute approximate surface area is 188 Å². The molecule has 1 fully saturated rings. The lowest BCUT2D eigenvalue weighted by Crippen LogP contribution is -2.30. The smallest absolute Gasteiger partial charge is 0.217 e. The third kappa shape index (κ3) is 6.59. The first-order valence-electron chi connectivity index (χ1n) is 10.9. The molecule has 1 aliphatic rings. The van der Waals surface area contributed by atoms with Gasteiger partial charge in [0.05, 0.1) is 6.61 Å². The molecular weight excluding hydrogens is 406 g/mol. The van der Waals surface area contributed by atoms with Gasteiger partial charge < -0.3 is 14.8 Å². The quantitative estimate of drug-likeness (QED) is 0.398. The summed E-state index contributed by atoms with van der Waals surface area (Å²) in [5.41, 5.74) is 1.18. The second kappa shape index (κ2) is 10.0. The number of amides is 1. The van der Waals surface area contributed by atoms with Crippen LogP contribution < -0.4 is 14.8 Å². The lowest BCUT2D eigenvalue weighted by Gasteiger charge is -2.11. The minimum absolute atomic E-state index is 0.0270. The number of benzene rings is 2. The van der Waals surface area contributed by atoms with Crippen molar-refractivity contribution in [2.24, 2.45) is 5.92 Å². The molecule has 1 amide bonds. The molecule has 3 aromatic rings. The standard InChI is InChI=1S/C26H29NO3S/c1-18(27-19(2)28)6-13-25-14-15-26(31-25)21-9-11-22(12-10-21)30-24-5-3-4-23(16-24)29-17-20-7-8-20/h3-5,9-12,14-16,18,20H,6-8,13,17H2,1-2H3,(H,27,28). The fraction of sp³-hybridized carbons (Fsp3) is 0.346. The van der Waals surface area contributed by atoms with Gasteiger partial charge in [0.25, 0.3) is 0 Å². The molecule has 1 atom stereocenters. The summed E-state index contributed by atoms with van der Waals surface area (Å²) in [4.78, 5) is 13.7. The second-order valence-electron chi connectivity index (χ2n) is 8.26. The zero-order valence-corrected chi connectivity index (χ0v) is 18.9. The summed E-state index contributed by atoms with van der Waals surface area (Å²) in [5, 5.41) is 2.94. The number of hydrogen-bond acceptors (Lipinski definition) is 4. The predicted octanol–water partition coefficient (Wildman–Crippen LogP) is 6.45. The zero-order chi connectivity index (χ0) is 21.6. The first-order chi connectivity index (χ1) is 15.0. The molecule has 2 aromatic carbocycles. The van der Waals surface area contributed by atoms with Crippen molar-refractivity contribution in [1.82, 2.24) is 5.32 Å². The Hall–Kier alpha value is -2.79. The topological polar surface area (TPSA) is 47.6 Å². The van der Waals surface area contributed by atoms with Gasteiger partial charge in [0.2, 0.25) is 5.91 Å². The van der Waals surface area contributed by atoms with Gasteiger partial charge in [-0.25, -0.2) is 0 Å². The van der Waals surface area contributed by atoms with Crippen molar-refractivity contribution in [3.8, 4) is 27.7 Å². The van der Waals surface area contributed by atoms with E-state index in [2.05, 4.69) is 29.6 Å². The van der Waals surface area contributed by atoms with Gasteiger partial charge in [-0.2, -0.15) is 0 Å². The van der Waals surface area contributed by atoms with Gasteiger partial charge in [0.1, 0.15) is 17.2 Å². The van der Waals surface area contributed by atoms with Crippen LogP contribution in [0.1, 0.15) is 38.0 Å². The summed E-state index contributed by atoms with van der Waals surface area (Å²) in [6.45, 7) is 4.41. The average Bonchev–Trinajstić information content (AvgIpc) is 3.47. The summed E-state index contributed by atoms with van der Waals surface area (Å²) in [7, 11) is 0. The number of ether oxygens (including phenoxy) is 2. The summed E-state index contributed by atoms with van der Waals surface area (Å²) < 4.78 is 11.9. The van der Waals surface area contributed by atoms with Crippen molar-refractivity contribution in [2.45, 2.75) is 45.6 Å². The van der Waals surface area contributed by atoms with Crippen LogP contribution in [0.3, 0.4) is 0 Å². The fourth-order valence-corrected chi connectivity index (χ4v) is 4.42. The zero-order valence-electron chi connectivity index (χ0n) is 18.1. The summed E-state index contributed by atoms with van der Waals surface area (Å²) in [6.07, 6.45) is 4.47. The molecule has 0 radical (unpaired) electrons. The number of carbonyl (C=O) groups excluding carboxylic acids is 1. The van der Waals surface area contributed by atoms with E-state index in [-0.39, 0.29) is 11.9 Å². The Morgan fingerprint density at radius 2 is 1.84 bits per heavy atom. The maximum absolute atomic E-state index is 11.1. The molecule has 0 bridgehead atoms. The van der Waals surface area contributed by atoms with Gasteiger partial charge in [-0.1, -0.05) is 6.07 Å². The molecule has 1 N–H and O–H groups in total. The molecule has 31 heavy (non-hydrogen) atoms. The van der Waals surface area contributed by atoms with Crippen LogP contribution in [-0.4, -0.2) is 18.6 Å². The maximum Gasteiger partial charge on any atom is 0.217 e. The second-order valence-corrected chi connectivity index (χ2v) is 9.43. The maximum atomic E-state index is 11.1. The van der Waals surface area contributed by atoms with E-state index in [0.717, 1.165) is 42.6 Å². The highest BCUT2D eigenvalue weighted by atomic mass is 32.1. The molecular formula is C26H29NO3S. The largest absolute Gasteiger partial charge is 0.493 e. The number of aryl methyl sites for hydroxylation is 1. The number of carbonyl (C=O) groups is 1. The number of rotatable bonds is 10. The molecule has 0 aliphatic heterocycles. The Bertz CT molecular complexity index is 1010. The summed E-state index contributed by atoms with van der Waals surface area (Å²) in [5.74, 6) is 3.21. The molecule has 1 unspecified atom stereocenters. The first-order valence-corrected chi connectivity index (χ1v) is 11.7. The fourth-order valence-electron chi connectivity index (χ4n) is 3.39. The van der Waals surface area contributed by atoms with Crippen molar-refractivity contribution in [1.29, 1.82) is 0 Å². The third-order valence-electron chi connectivity index (χ3n) is 5.30. The monoisotopic (exact) mass is 435 g/mol. The van der Waals surface area contributed by atoms with E-state index in [1.807, 2.05) is 43.3 Å². The van der Waals surface area contributed by atoms with E-state index >= 15 is 0 Å². The van der Waals surface area contributed by atoms with Crippen molar-refractivity contribution < 1.29 is 14.3 Å². The highest BCUT2D eigenvalue weighted by molar-refractivity contribution is 7.15. The molecule has 162 valence electrons. The Morgan fingerprint density at radius 3 is 2.58 bits per heavy atom. The summed E-state index contributed by atoms with van der Waals surface area (Å²) >= 11 is 1.80. The molecule has 1 saturated carbocycles. The minimum atomic E-state index is 0.0270. The van der Waals surface area contributed by atoms with Gasteiger partial charge >= 0.3 is 0 Å². The highest BCUT2D eigenvalue weighted by Crippen LogP contribution is 2.33. The highest BCUT2D eigenvalue weighted by Gasteiger charge is 2.21. The number of hydrogen-bond donors (Lipinski definition) is 1. The van der Waals surface area contributed by atoms with Crippen LogP contribution in [-0.2, 0) is 11.2 Å². The lowest BCUT2D eigenvalue weighted by molar-refractivity contribution is -0.119. The molecule has 4 rings (SSSR count). The van der Waals surface area contributed by atoms with Crippen LogP contribution in [0, 0.1) is 5.92 Å². The van der Waals surface area contributed by atoms with Gasteiger partial charge in [-0.3, -0.25) is 4.79 Å². The van der Waals surface area contributed by atoms with E-state index < -0.39 is 0 Å². The van der Waals surface area contributed by atoms with Crippen LogP contribution in [0.2, 0.25) is 0 Å². The molecule has 1 aromatic heterocycles. The number of thiophene rings is 1. The van der Waals surface area contributed by atoms with Crippen molar-refractivity contribution in [3.63, 3.8) is 0 Å². The Morgan fingerprint density at radius 1 is 1.06 bits per heavy atom. The van der Waals surface area contributed by atoms with Crippen LogP contribution in [0.15, 0.2) is 60.7 Å². The van der Waals surface area contributed by atoms with Gasteiger partial charge in [-0.15, -0.1) is 11.3 Å². The van der Waals surface area contributed by atoms with Crippen molar-refractivity contribution >= 4 is 17.2 Å². The van der Waals surface area contributed by atoms with Gasteiger partial charge in [-0.05, 0) is 92.6 Å². The van der Waals surface area contributed by atoms with E-state index in [1.165, 1.54) is 28.2 Å². The van der Waals surface area contributed by atoms with E-state index in [4.69, 9.17) is 9.47 Å². The molecule has 1 aliphatic carbocycles. The van der Waals surface area contributed by atoms with E-state index in [9.17, 15) is 4.79 Å². The van der Waals surface area contributed by atoms with Crippen LogP contribution in [0.5, 0.6) is 17.2 Å². The molecule has 5 heteroatoms. The predicted molar refractivity (Wildman–Crippen MR) is 126 cm³/mol. The van der Waals surface area contributed by atoms with Crippen molar-refractivity contribution in [3.05, 3.63) is 65.5 Å². The van der Waals surface area contributed by atoms with E-state index in [1.54, 1.807) is 18.3 Å². The normalized spacial score (nSPS) is 14.1. The SMILES string of the molecule is CC(=O)NC(C)CCc1ccc(-c2ccc(Oc3cccc(OCC4CC4)c3)cc2)s1. The van der Waals surface area contributed by atoms with Crippen LogP contribution in [0.4, 0.5) is 0 Å². The number of nitrogens with one attached hydrogen (secondary N) is 1. The molecule has 0 saturated heterocycles. The third-order valence-corrected chi connectivity index (χ3v) is 6.49. The molecule has 1 heterocycles. The van der Waals surface area contributed by atoms with E-state index in [0.29, 0.717) is 0 Å². The summed E-state index contributed by atoms with van der Waals surface area (Å²) in [6, 6.07) is 20.6. The van der Waals surface area contributed by atoms with Crippen LogP contribution >= 0.6 is 11.3 Å². The Kier molecular flexibility index (Phi) is 6.92.